The van der Waals surface area contributed by atoms with Gasteiger partial charge < -0.3 is 15.3 Å². The van der Waals surface area contributed by atoms with E-state index in [4.69, 9.17) is 0 Å². The van der Waals surface area contributed by atoms with Crippen LogP contribution in [-0.4, -0.2) is 48.2 Å². The largest absolute Gasteiger partial charge is 0.389 e. The lowest BCUT2D eigenvalue weighted by molar-refractivity contribution is -0.126. The molecule has 98 valence electrons. The van der Waals surface area contributed by atoms with Crippen LogP contribution in [0.15, 0.2) is 0 Å². The predicted octanol–water partition coefficient (Wildman–Crippen LogP) is 0.749. The fraction of sp³-hybridized carbons (Fsp3) is 0.923. The number of aliphatic hydroxyl groups is 1. The lowest BCUT2D eigenvalue weighted by Crippen LogP contribution is -2.37. The minimum atomic E-state index is -0.712. The molecule has 1 heterocycles. The summed E-state index contributed by atoms with van der Waals surface area (Å²) in [5, 5.41) is 13.1. The highest BCUT2D eigenvalue weighted by atomic mass is 16.3. The smallest absolute Gasteiger partial charge is 0.222 e. The Morgan fingerprint density at radius 1 is 1.47 bits per heavy atom. The van der Waals surface area contributed by atoms with E-state index >= 15 is 0 Å². The summed E-state index contributed by atoms with van der Waals surface area (Å²) >= 11 is 0. The molecule has 1 aliphatic heterocycles. The first-order chi connectivity index (χ1) is 8.07. The van der Waals surface area contributed by atoms with Gasteiger partial charge in [-0.1, -0.05) is 12.8 Å². The van der Waals surface area contributed by atoms with Crippen molar-refractivity contribution in [3.8, 4) is 0 Å². The standard InChI is InChI=1S/C13H24N2O2/c1-15-7-4-11(10-15)9-14-12(16)8-13(17)5-2-3-6-13/h11,17H,2-10H2,1H3,(H,14,16). The topological polar surface area (TPSA) is 52.6 Å². The Balaban J connectivity index is 1.67. The third-order valence-corrected chi connectivity index (χ3v) is 4.10. The van der Waals surface area contributed by atoms with Crippen LogP contribution in [0.4, 0.5) is 0 Å². The maximum Gasteiger partial charge on any atom is 0.222 e. The molecule has 4 nitrogen and oxygen atoms in total. The molecule has 1 saturated heterocycles. The highest BCUT2D eigenvalue weighted by Gasteiger charge is 2.33. The maximum atomic E-state index is 11.8. The number of likely N-dealkylation sites (tertiary alicyclic amines) is 1. The molecule has 2 N–H and O–H groups in total. The van der Waals surface area contributed by atoms with Gasteiger partial charge in [0.25, 0.3) is 0 Å². The molecule has 1 saturated carbocycles. The van der Waals surface area contributed by atoms with E-state index in [9.17, 15) is 9.90 Å². The molecule has 0 aromatic heterocycles. The van der Waals surface area contributed by atoms with Crippen LogP contribution in [0.2, 0.25) is 0 Å². The SMILES string of the molecule is CN1CCC(CNC(=O)CC2(O)CCCC2)C1. The normalized spacial score (nSPS) is 28.5. The van der Waals surface area contributed by atoms with Gasteiger partial charge in [0.15, 0.2) is 0 Å². The summed E-state index contributed by atoms with van der Waals surface area (Å²) in [4.78, 5) is 14.1. The lowest BCUT2D eigenvalue weighted by Gasteiger charge is -2.21. The molecule has 1 amide bonds. The summed E-state index contributed by atoms with van der Waals surface area (Å²) in [7, 11) is 2.11. The minimum absolute atomic E-state index is 0.0175. The van der Waals surface area contributed by atoms with E-state index in [2.05, 4.69) is 17.3 Å². The molecule has 1 aliphatic carbocycles. The van der Waals surface area contributed by atoms with Crippen LogP contribution in [0.25, 0.3) is 0 Å². The van der Waals surface area contributed by atoms with Gasteiger partial charge in [-0.05, 0) is 38.8 Å². The number of nitrogens with one attached hydrogen (secondary N) is 1. The van der Waals surface area contributed by atoms with Crippen molar-refractivity contribution < 1.29 is 9.90 Å². The second-order valence-corrected chi connectivity index (χ2v) is 5.83. The van der Waals surface area contributed by atoms with Gasteiger partial charge in [0.05, 0.1) is 12.0 Å². The summed E-state index contributed by atoms with van der Waals surface area (Å²) < 4.78 is 0. The molecule has 4 heteroatoms. The molecular weight excluding hydrogens is 216 g/mol. The number of amides is 1. The van der Waals surface area contributed by atoms with E-state index in [1.54, 1.807) is 0 Å². The molecule has 17 heavy (non-hydrogen) atoms. The molecule has 1 atom stereocenters. The van der Waals surface area contributed by atoms with Crippen molar-refractivity contribution in [2.75, 3.05) is 26.7 Å². The Labute approximate surface area is 103 Å². The third kappa shape index (κ3) is 3.68. The Morgan fingerprint density at radius 2 is 2.18 bits per heavy atom. The van der Waals surface area contributed by atoms with E-state index in [1.165, 1.54) is 6.42 Å². The zero-order chi connectivity index (χ0) is 12.3. The zero-order valence-corrected chi connectivity index (χ0v) is 10.7. The molecule has 0 spiro atoms. The first-order valence-electron chi connectivity index (χ1n) is 6.75. The van der Waals surface area contributed by atoms with Crippen LogP contribution in [0.3, 0.4) is 0 Å². The number of hydrogen-bond donors (Lipinski definition) is 2. The molecule has 2 aliphatic rings. The Hall–Kier alpha value is -0.610. The molecule has 0 radical (unpaired) electrons. The highest BCUT2D eigenvalue weighted by molar-refractivity contribution is 5.77. The van der Waals surface area contributed by atoms with Crippen molar-refractivity contribution in [1.29, 1.82) is 0 Å². The van der Waals surface area contributed by atoms with Crippen molar-refractivity contribution in [1.82, 2.24) is 10.2 Å². The average molecular weight is 240 g/mol. The third-order valence-electron chi connectivity index (χ3n) is 4.10. The number of nitrogens with zero attached hydrogens (tertiary/aromatic N) is 1. The lowest BCUT2D eigenvalue weighted by atomic mass is 9.97. The minimum Gasteiger partial charge on any atom is -0.389 e. The van der Waals surface area contributed by atoms with Crippen molar-refractivity contribution in [2.45, 2.75) is 44.1 Å². The number of carbonyl (C=O) groups is 1. The summed E-state index contributed by atoms with van der Waals surface area (Å²) in [6, 6.07) is 0. The average Bonchev–Trinajstić information content (AvgIpc) is 2.85. The highest BCUT2D eigenvalue weighted by Crippen LogP contribution is 2.32. The van der Waals surface area contributed by atoms with E-state index in [0.29, 0.717) is 5.92 Å². The van der Waals surface area contributed by atoms with E-state index in [-0.39, 0.29) is 12.3 Å². The van der Waals surface area contributed by atoms with Gasteiger partial charge in [-0.15, -0.1) is 0 Å². The van der Waals surface area contributed by atoms with Crippen LogP contribution < -0.4 is 5.32 Å². The fourth-order valence-corrected chi connectivity index (χ4v) is 3.02. The van der Waals surface area contributed by atoms with Crippen LogP contribution >= 0.6 is 0 Å². The fourth-order valence-electron chi connectivity index (χ4n) is 3.02. The van der Waals surface area contributed by atoms with Crippen LogP contribution in [0.1, 0.15) is 38.5 Å². The summed E-state index contributed by atoms with van der Waals surface area (Å²) in [6.07, 6.45) is 5.13. The predicted molar refractivity (Wildman–Crippen MR) is 66.6 cm³/mol. The van der Waals surface area contributed by atoms with Gasteiger partial charge in [0.2, 0.25) is 5.91 Å². The Morgan fingerprint density at radius 3 is 2.76 bits per heavy atom. The summed E-state index contributed by atoms with van der Waals surface area (Å²) in [5.74, 6) is 0.603. The Bertz CT molecular complexity index is 275. The number of rotatable bonds is 4. The monoisotopic (exact) mass is 240 g/mol. The van der Waals surface area contributed by atoms with Gasteiger partial charge in [-0.2, -0.15) is 0 Å². The van der Waals surface area contributed by atoms with Crippen molar-refractivity contribution in [3.63, 3.8) is 0 Å². The van der Waals surface area contributed by atoms with Crippen LogP contribution in [0, 0.1) is 5.92 Å². The maximum absolute atomic E-state index is 11.8. The van der Waals surface area contributed by atoms with Gasteiger partial charge in [0.1, 0.15) is 0 Å². The molecule has 0 bridgehead atoms. The molecule has 2 rings (SSSR count). The van der Waals surface area contributed by atoms with Gasteiger partial charge in [0, 0.05) is 13.1 Å². The van der Waals surface area contributed by atoms with E-state index < -0.39 is 5.60 Å². The van der Waals surface area contributed by atoms with Gasteiger partial charge in [-0.3, -0.25) is 4.79 Å². The quantitative estimate of drug-likeness (QED) is 0.762. The molecule has 1 unspecified atom stereocenters. The Kier molecular flexibility index (Phi) is 4.05. The van der Waals surface area contributed by atoms with E-state index in [1.807, 2.05) is 0 Å². The second-order valence-electron chi connectivity index (χ2n) is 5.83. The number of carbonyl (C=O) groups excluding carboxylic acids is 1. The van der Waals surface area contributed by atoms with Crippen LogP contribution in [-0.2, 0) is 4.79 Å². The first-order valence-corrected chi connectivity index (χ1v) is 6.75. The summed E-state index contributed by atoms with van der Waals surface area (Å²) in [5.41, 5.74) is -0.712. The number of hydrogen-bond acceptors (Lipinski definition) is 3. The van der Waals surface area contributed by atoms with Gasteiger partial charge >= 0.3 is 0 Å². The van der Waals surface area contributed by atoms with Gasteiger partial charge in [-0.25, -0.2) is 0 Å². The second kappa shape index (κ2) is 5.36. The van der Waals surface area contributed by atoms with E-state index in [0.717, 1.165) is 45.3 Å². The zero-order valence-electron chi connectivity index (χ0n) is 10.7. The summed E-state index contributed by atoms with van der Waals surface area (Å²) in [6.45, 7) is 2.97. The molecule has 2 fully saturated rings. The van der Waals surface area contributed by atoms with Crippen molar-refractivity contribution in [2.24, 2.45) is 5.92 Å². The molecular formula is C13H24N2O2. The first kappa shape index (κ1) is 12.8. The molecule has 0 aromatic rings. The molecule has 0 aromatic carbocycles. The van der Waals surface area contributed by atoms with Crippen LogP contribution in [0.5, 0.6) is 0 Å². The van der Waals surface area contributed by atoms with Crippen molar-refractivity contribution >= 4 is 5.91 Å². The van der Waals surface area contributed by atoms with Crippen molar-refractivity contribution in [3.05, 3.63) is 0 Å².